The third-order valence-corrected chi connectivity index (χ3v) is 5.53. The number of hydrogen-bond donors (Lipinski definition) is 2. The Kier molecular flexibility index (Phi) is 5.52. The lowest BCUT2D eigenvalue weighted by atomic mass is 10.0. The monoisotopic (exact) mass is 361 g/mol. The van der Waals surface area contributed by atoms with E-state index in [0.29, 0.717) is 11.5 Å². The average molecular weight is 361 g/mol. The predicted molar refractivity (Wildman–Crippen MR) is 109 cm³/mol. The van der Waals surface area contributed by atoms with Crippen molar-refractivity contribution >= 4 is 16.9 Å². The second-order valence-electron chi connectivity index (χ2n) is 7.65. The van der Waals surface area contributed by atoms with Crippen LogP contribution in [0.2, 0.25) is 0 Å². The number of nitrogens with one attached hydrogen (secondary N) is 2. The topological polar surface area (TPSA) is 57.8 Å². The zero-order valence-electron chi connectivity index (χ0n) is 15.7. The smallest absolute Gasteiger partial charge is 0.251 e. The second kappa shape index (κ2) is 8.38. The van der Waals surface area contributed by atoms with E-state index in [4.69, 9.17) is 0 Å². The van der Waals surface area contributed by atoms with Gasteiger partial charge in [-0.3, -0.25) is 4.79 Å². The lowest BCUT2D eigenvalue weighted by Crippen LogP contribution is -2.29. The maximum atomic E-state index is 12.6. The fourth-order valence-corrected chi connectivity index (χ4v) is 3.98. The summed E-state index contributed by atoms with van der Waals surface area (Å²) in [4.78, 5) is 20.6. The van der Waals surface area contributed by atoms with Crippen molar-refractivity contribution in [2.75, 3.05) is 6.54 Å². The first-order chi connectivity index (χ1) is 13.3. The predicted octanol–water partition coefficient (Wildman–Crippen LogP) is 4.85. The summed E-state index contributed by atoms with van der Waals surface area (Å²) in [5.74, 6) is 1.56. The van der Waals surface area contributed by atoms with E-state index in [1.165, 1.54) is 44.1 Å². The van der Waals surface area contributed by atoms with Crippen LogP contribution in [0.25, 0.3) is 11.0 Å². The minimum atomic E-state index is 0.00811. The molecule has 0 radical (unpaired) electrons. The maximum absolute atomic E-state index is 12.6. The third kappa shape index (κ3) is 4.57. The summed E-state index contributed by atoms with van der Waals surface area (Å²) in [5, 5.41) is 3.13. The van der Waals surface area contributed by atoms with Gasteiger partial charge in [0.25, 0.3) is 5.91 Å². The summed E-state index contributed by atoms with van der Waals surface area (Å²) < 4.78 is 0. The zero-order valence-corrected chi connectivity index (χ0v) is 15.7. The van der Waals surface area contributed by atoms with Crippen LogP contribution in [0.3, 0.4) is 0 Å². The van der Waals surface area contributed by atoms with E-state index in [2.05, 4.69) is 27.4 Å². The molecule has 1 fully saturated rings. The minimum absolute atomic E-state index is 0.00811. The SMILES string of the molecule is O=C(NCC1CCCCCC1)c1ccc2[nH]c(Cc3ccccc3)nc2c1. The molecule has 1 aliphatic rings. The van der Waals surface area contributed by atoms with Gasteiger partial charge in [-0.2, -0.15) is 0 Å². The molecule has 4 heteroatoms. The summed E-state index contributed by atoms with van der Waals surface area (Å²) >= 11 is 0. The molecule has 0 bridgehead atoms. The zero-order chi connectivity index (χ0) is 18.5. The Morgan fingerprint density at radius 1 is 1.04 bits per heavy atom. The highest BCUT2D eigenvalue weighted by atomic mass is 16.1. The molecule has 3 aromatic rings. The Bertz CT molecular complexity index is 892. The third-order valence-electron chi connectivity index (χ3n) is 5.53. The minimum Gasteiger partial charge on any atom is -0.352 e. The van der Waals surface area contributed by atoms with Crippen LogP contribution < -0.4 is 5.32 Å². The van der Waals surface area contributed by atoms with Gasteiger partial charge < -0.3 is 10.3 Å². The van der Waals surface area contributed by atoms with Gasteiger partial charge in [0.05, 0.1) is 11.0 Å². The standard InChI is InChI=1S/C23H27N3O/c27-23(24-16-18-10-4-1-2-5-11-18)19-12-13-20-21(15-19)26-22(25-20)14-17-8-6-3-7-9-17/h3,6-9,12-13,15,18H,1-2,4-5,10-11,14,16H2,(H,24,27)(H,25,26). The molecule has 2 N–H and O–H groups in total. The highest BCUT2D eigenvalue weighted by Gasteiger charge is 2.15. The summed E-state index contributed by atoms with van der Waals surface area (Å²) in [6.45, 7) is 0.788. The first kappa shape index (κ1) is 17.8. The number of carbonyl (C=O) groups is 1. The van der Waals surface area contributed by atoms with E-state index in [1.807, 2.05) is 36.4 Å². The number of nitrogens with zero attached hydrogens (tertiary/aromatic N) is 1. The Morgan fingerprint density at radius 3 is 2.59 bits per heavy atom. The number of fused-ring (bicyclic) bond motifs is 1. The van der Waals surface area contributed by atoms with Gasteiger partial charge in [-0.1, -0.05) is 56.0 Å². The van der Waals surface area contributed by atoms with E-state index < -0.39 is 0 Å². The summed E-state index contributed by atoms with van der Waals surface area (Å²) in [6, 6.07) is 16.0. The van der Waals surface area contributed by atoms with E-state index in [0.717, 1.165) is 29.8 Å². The molecule has 4 rings (SSSR count). The molecule has 0 unspecified atom stereocenters. The number of amides is 1. The number of aromatic amines is 1. The first-order valence-corrected chi connectivity index (χ1v) is 10.1. The molecule has 1 heterocycles. The molecule has 27 heavy (non-hydrogen) atoms. The number of H-pyrrole nitrogens is 1. The molecule has 0 atom stereocenters. The molecule has 1 aromatic heterocycles. The lowest BCUT2D eigenvalue weighted by Gasteiger charge is -2.14. The van der Waals surface area contributed by atoms with Gasteiger partial charge in [0.15, 0.2) is 0 Å². The van der Waals surface area contributed by atoms with Crippen LogP contribution in [0, 0.1) is 5.92 Å². The summed E-state index contributed by atoms with van der Waals surface area (Å²) in [5.41, 5.74) is 3.73. The van der Waals surface area contributed by atoms with Gasteiger partial charge >= 0.3 is 0 Å². The normalized spacial score (nSPS) is 15.6. The lowest BCUT2D eigenvalue weighted by molar-refractivity contribution is 0.0946. The summed E-state index contributed by atoms with van der Waals surface area (Å²) in [7, 11) is 0. The molecule has 2 aromatic carbocycles. The average Bonchev–Trinajstić information content (AvgIpc) is 2.91. The van der Waals surface area contributed by atoms with Crippen molar-refractivity contribution in [1.29, 1.82) is 0 Å². The van der Waals surface area contributed by atoms with Crippen molar-refractivity contribution in [2.24, 2.45) is 5.92 Å². The second-order valence-corrected chi connectivity index (χ2v) is 7.65. The van der Waals surface area contributed by atoms with Crippen LogP contribution in [0.15, 0.2) is 48.5 Å². The van der Waals surface area contributed by atoms with Crippen LogP contribution in [0.1, 0.15) is 60.3 Å². The Morgan fingerprint density at radius 2 is 1.81 bits per heavy atom. The van der Waals surface area contributed by atoms with Crippen molar-refractivity contribution < 1.29 is 4.79 Å². The number of benzene rings is 2. The largest absolute Gasteiger partial charge is 0.352 e. The van der Waals surface area contributed by atoms with Gasteiger partial charge in [0.1, 0.15) is 5.82 Å². The van der Waals surface area contributed by atoms with E-state index in [9.17, 15) is 4.79 Å². The number of hydrogen-bond acceptors (Lipinski definition) is 2. The molecule has 0 saturated heterocycles. The Labute approximate surface area is 160 Å². The van der Waals surface area contributed by atoms with Crippen molar-refractivity contribution in [2.45, 2.75) is 44.9 Å². The van der Waals surface area contributed by atoms with E-state index >= 15 is 0 Å². The van der Waals surface area contributed by atoms with Gasteiger partial charge in [-0.05, 0) is 42.5 Å². The quantitative estimate of drug-likeness (QED) is 0.638. The Balaban J connectivity index is 1.42. The number of aromatic nitrogens is 2. The van der Waals surface area contributed by atoms with Crippen LogP contribution >= 0.6 is 0 Å². The van der Waals surface area contributed by atoms with Gasteiger partial charge in [0, 0.05) is 18.5 Å². The fourth-order valence-electron chi connectivity index (χ4n) is 3.98. The molecular weight excluding hydrogens is 334 g/mol. The molecule has 4 nitrogen and oxygen atoms in total. The van der Waals surface area contributed by atoms with E-state index in [1.54, 1.807) is 0 Å². The molecular formula is C23H27N3O. The highest BCUT2D eigenvalue weighted by Crippen LogP contribution is 2.22. The summed E-state index contributed by atoms with van der Waals surface area (Å²) in [6.07, 6.45) is 8.51. The highest BCUT2D eigenvalue weighted by molar-refractivity contribution is 5.97. The number of carbonyl (C=O) groups excluding carboxylic acids is 1. The van der Waals surface area contributed by atoms with Crippen molar-refractivity contribution in [3.8, 4) is 0 Å². The van der Waals surface area contributed by atoms with Crippen molar-refractivity contribution in [3.05, 3.63) is 65.5 Å². The number of rotatable bonds is 5. The maximum Gasteiger partial charge on any atom is 0.251 e. The fraction of sp³-hybridized carbons (Fsp3) is 0.391. The van der Waals surface area contributed by atoms with E-state index in [-0.39, 0.29) is 5.91 Å². The molecule has 1 aliphatic carbocycles. The molecule has 1 amide bonds. The van der Waals surface area contributed by atoms with Crippen LogP contribution in [0.4, 0.5) is 0 Å². The molecule has 0 spiro atoms. The van der Waals surface area contributed by atoms with Crippen molar-refractivity contribution in [1.82, 2.24) is 15.3 Å². The van der Waals surface area contributed by atoms with Gasteiger partial charge in [0.2, 0.25) is 0 Å². The van der Waals surface area contributed by atoms with Crippen LogP contribution in [-0.4, -0.2) is 22.4 Å². The Hall–Kier alpha value is -2.62. The van der Waals surface area contributed by atoms with Gasteiger partial charge in [-0.25, -0.2) is 4.98 Å². The first-order valence-electron chi connectivity index (χ1n) is 10.1. The molecule has 140 valence electrons. The van der Waals surface area contributed by atoms with Gasteiger partial charge in [-0.15, -0.1) is 0 Å². The van der Waals surface area contributed by atoms with Crippen LogP contribution in [-0.2, 0) is 6.42 Å². The molecule has 0 aliphatic heterocycles. The molecule has 1 saturated carbocycles. The van der Waals surface area contributed by atoms with Crippen molar-refractivity contribution in [3.63, 3.8) is 0 Å². The number of imidazole rings is 1. The van der Waals surface area contributed by atoms with Crippen LogP contribution in [0.5, 0.6) is 0 Å².